The highest BCUT2D eigenvalue weighted by molar-refractivity contribution is 5.69. The molecule has 7 heteroatoms. The van der Waals surface area contributed by atoms with Crippen LogP contribution in [0.15, 0.2) is 4.99 Å². The Morgan fingerprint density at radius 3 is 1.12 bits per heavy atom. The molecule has 0 aliphatic heterocycles. The summed E-state index contributed by atoms with van der Waals surface area (Å²) in [7, 11) is 0. The first-order valence-electron chi connectivity index (χ1n) is 31.1. The molecule has 3 atom stereocenters. The maximum atomic E-state index is 12.6. The van der Waals surface area contributed by atoms with Crippen molar-refractivity contribution in [3.8, 4) is 0 Å². The van der Waals surface area contributed by atoms with Crippen LogP contribution in [0.1, 0.15) is 330 Å². The number of hydrogen-bond acceptors (Lipinski definition) is 6. The summed E-state index contributed by atoms with van der Waals surface area (Å²) in [4.78, 5) is 32.7. The molecule has 2 N–H and O–H groups in total. The number of rotatable bonds is 56. The number of unbranched alkanes of at least 4 members (excludes halogenated alkanes) is 29. The standard InChI is InChI=1S/C62H123N3O4/c1-7-12-17-20-21-22-23-24-25-30-35-42-52-65(53-51-57(6)64-56-63)60(47-38-31-26-28-33-40-49-61(66)68-54-58(43-15-10-4)45-36-18-13-8-2)48-39-32-27-29-34-41-50-62(67)69-55-59(44-16-11-5)46-37-19-14-9-3/h56-60H,7-55H2,1-6H3,(H2,63,64). The van der Waals surface area contributed by atoms with E-state index in [2.05, 4.69) is 51.4 Å². The molecule has 0 spiro atoms. The Labute approximate surface area is 432 Å². The Kier molecular flexibility index (Phi) is 52.9. The van der Waals surface area contributed by atoms with Crippen LogP contribution in [-0.2, 0) is 19.1 Å². The smallest absolute Gasteiger partial charge is 0.305 e. The third-order valence-electron chi connectivity index (χ3n) is 15.2. The van der Waals surface area contributed by atoms with E-state index in [-0.39, 0.29) is 18.0 Å². The molecule has 0 aliphatic carbocycles. The van der Waals surface area contributed by atoms with Crippen molar-refractivity contribution in [2.75, 3.05) is 26.3 Å². The third-order valence-corrected chi connectivity index (χ3v) is 15.2. The molecular weight excluding hydrogens is 851 g/mol. The summed E-state index contributed by atoms with van der Waals surface area (Å²) >= 11 is 0. The van der Waals surface area contributed by atoms with Gasteiger partial charge in [-0.25, -0.2) is 0 Å². The summed E-state index contributed by atoms with van der Waals surface area (Å²) in [5, 5.41) is 0. The average Bonchev–Trinajstić information content (AvgIpc) is 3.35. The van der Waals surface area contributed by atoms with Crippen LogP contribution in [0.25, 0.3) is 0 Å². The lowest BCUT2D eigenvalue weighted by atomic mass is 9.96. The first-order chi connectivity index (χ1) is 33.8. The van der Waals surface area contributed by atoms with Crippen LogP contribution in [0.4, 0.5) is 0 Å². The van der Waals surface area contributed by atoms with Gasteiger partial charge in [-0.3, -0.25) is 14.6 Å². The van der Waals surface area contributed by atoms with Gasteiger partial charge in [0.15, 0.2) is 0 Å². The fourth-order valence-corrected chi connectivity index (χ4v) is 10.3. The van der Waals surface area contributed by atoms with Crippen LogP contribution in [0.2, 0.25) is 0 Å². The minimum absolute atomic E-state index is 0.0159. The molecule has 0 amide bonds. The number of hydrogen-bond donors (Lipinski definition) is 1. The second-order valence-corrected chi connectivity index (χ2v) is 21.9. The zero-order valence-corrected chi connectivity index (χ0v) is 47.6. The Hall–Kier alpha value is -1.63. The van der Waals surface area contributed by atoms with Crippen LogP contribution in [0.3, 0.4) is 0 Å². The second kappa shape index (κ2) is 54.2. The monoisotopic (exact) mass is 974 g/mol. The summed E-state index contributed by atoms with van der Waals surface area (Å²) < 4.78 is 11.6. The highest BCUT2D eigenvalue weighted by atomic mass is 16.5. The number of carbonyl (C=O) groups excluding carboxylic acids is 2. The topological polar surface area (TPSA) is 94.2 Å². The van der Waals surface area contributed by atoms with E-state index in [0.717, 1.165) is 38.6 Å². The number of aliphatic imine (C=N–C) groups is 1. The maximum Gasteiger partial charge on any atom is 0.305 e. The Bertz CT molecular complexity index is 1030. The molecule has 0 aromatic heterocycles. The summed E-state index contributed by atoms with van der Waals surface area (Å²) in [5.41, 5.74) is 5.73. The predicted molar refractivity (Wildman–Crippen MR) is 303 cm³/mol. The quantitative estimate of drug-likeness (QED) is 0.0282. The van der Waals surface area contributed by atoms with E-state index in [1.165, 1.54) is 257 Å². The van der Waals surface area contributed by atoms with Gasteiger partial charge in [0.1, 0.15) is 0 Å². The molecule has 69 heavy (non-hydrogen) atoms. The zero-order chi connectivity index (χ0) is 50.5. The lowest BCUT2D eigenvalue weighted by Crippen LogP contribution is -2.38. The summed E-state index contributed by atoms with van der Waals surface area (Å²) in [6, 6.07) is 0.877. The SMILES string of the molecule is CCCCCCCCCCCCCCN(CCC(C)N=CN)C(CCCCCCCCC(=O)OCC(CCCC)CCCCCC)CCCCCCCCC(=O)OCC(CCCC)CCCCCC. The van der Waals surface area contributed by atoms with Crippen LogP contribution in [0.5, 0.6) is 0 Å². The van der Waals surface area contributed by atoms with Crippen molar-refractivity contribution in [2.24, 2.45) is 22.6 Å². The third kappa shape index (κ3) is 47.2. The van der Waals surface area contributed by atoms with E-state index in [1.807, 2.05) is 0 Å². The number of ether oxygens (including phenoxy) is 2. The molecule has 0 aromatic carbocycles. The van der Waals surface area contributed by atoms with E-state index in [9.17, 15) is 9.59 Å². The summed E-state index contributed by atoms with van der Waals surface area (Å²) in [6.45, 7) is 17.1. The number of nitrogens with two attached hydrogens (primary N) is 1. The van der Waals surface area contributed by atoms with Crippen molar-refractivity contribution in [2.45, 2.75) is 343 Å². The van der Waals surface area contributed by atoms with Crippen molar-refractivity contribution < 1.29 is 19.1 Å². The van der Waals surface area contributed by atoms with Gasteiger partial charge in [0.05, 0.1) is 25.6 Å². The van der Waals surface area contributed by atoms with E-state index in [0.29, 0.717) is 43.9 Å². The zero-order valence-electron chi connectivity index (χ0n) is 47.6. The highest BCUT2D eigenvalue weighted by Crippen LogP contribution is 2.23. The van der Waals surface area contributed by atoms with Gasteiger partial charge in [0.2, 0.25) is 0 Å². The number of carbonyl (C=O) groups is 2. The van der Waals surface area contributed by atoms with Gasteiger partial charge in [-0.1, -0.05) is 247 Å². The maximum absolute atomic E-state index is 12.6. The average molecular weight is 975 g/mol. The fourth-order valence-electron chi connectivity index (χ4n) is 10.3. The molecular formula is C62H123N3O4. The van der Waals surface area contributed by atoms with Crippen LogP contribution >= 0.6 is 0 Å². The summed E-state index contributed by atoms with van der Waals surface area (Å²) in [5.74, 6) is 1.11. The normalized spacial score (nSPS) is 13.6. The molecule has 0 saturated carbocycles. The first-order valence-corrected chi connectivity index (χ1v) is 31.1. The van der Waals surface area contributed by atoms with Crippen molar-refractivity contribution in [1.82, 2.24) is 4.90 Å². The molecule has 0 aromatic rings. The molecule has 410 valence electrons. The van der Waals surface area contributed by atoms with Crippen molar-refractivity contribution >= 4 is 18.3 Å². The molecule has 0 bridgehead atoms. The Morgan fingerprint density at radius 1 is 0.406 bits per heavy atom. The van der Waals surface area contributed by atoms with Gasteiger partial charge < -0.3 is 20.1 Å². The molecule has 0 aliphatic rings. The van der Waals surface area contributed by atoms with Crippen molar-refractivity contribution in [1.29, 1.82) is 0 Å². The molecule has 7 nitrogen and oxygen atoms in total. The van der Waals surface area contributed by atoms with Crippen LogP contribution in [-0.4, -0.2) is 61.6 Å². The lowest BCUT2D eigenvalue weighted by molar-refractivity contribution is -0.146. The van der Waals surface area contributed by atoms with Gasteiger partial charge in [-0.2, -0.15) is 0 Å². The molecule has 0 heterocycles. The molecule has 0 radical (unpaired) electrons. The van der Waals surface area contributed by atoms with Gasteiger partial charge in [0, 0.05) is 25.4 Å². The van der Waals surface area contributed by atoms with E-state index >= 15 is 0 Å². The van der Waals surface area contributed by atoms with E-state index in [1.54, 1.807) is 0 Å². The van der Waals surface area contributed by atoms with Gasteiger partial charge in [-0.15, -0.1) is 0 Å². The van der Waals surface area contributed by atoms with E-state index < -0.39 is 0 Å². The minimum atomic E-state index is 0.0159. The van der Waals surface area contributed by atoms with Crippen molar-refractivity contribution in [3.63, 3.8) is 0 Å². The van der Waals surface area contributed by atoms with Gasteiger partial charge >= 0.3 is 11.9 Å². The van der Waals surface area contributed by atoms with Crippen molar-refractivity contribution in [3.05, 3.63) is 0 Å². The molecule has 0 saturated heterocycles. The summed E-state index contributed by atoms with van der Waals surface area (Å²) in [6.07, 6.45) is 57.1. The largest absolute Gasteiger partial charge is 0.465 e. The van der Waals surface area contributed by atoms with Gasteiger partial charge in [0.25, 0.3) is 0 Å². The molecule has 3 unspecified atom stereocenters. The minimum Gasteiger partial charge on any atom is -0.465 e. The number of nitrogens with zero attached hydrogens (tertiary/aromatic N) is 2. The first kappa shape index (κ1) is 67.4. The number of esters is 2. The predicted octanol–water partition coefficient (Wildman–Crippen LogP) is 19.0. The molecule has 0 fully saturated rings. The highest BCUT2D eigenvalue weighted by Gasteiger charge is 2.19. The van der Waals surface area contributed by atoms with Crippen LogP contribution < -0.4 is 5.73 Å². The fraction of sp³-hybridized carbons (Fsp3) is 0.952. The lowest BCUT2D eigenvalue weighted by Gasteiger charge is -2.33. The second-order valence-electron chi connectivity index (χ2n) is 21.9. The van der Waals surface area contributed by atoms with E-state index in [4.69, 9.17) is 15.2 Å². The van der Waals surface area contributed by atoms with Gasteiger partial charge in [-0.05, 0) is 89.5 Å². The Balaban J connectivity index is 5.04. The Morgan fingerprint density at radius 2 is 0.725 bits per heavy atom. The van der Waals surface area contributed by atoms with Crippen LogP contribution in [0, 0.1) is 11.8 Å². The molecule has 0 rings (SSSR count).